The fourth-order valence-electron chi connectivity index (χ4n) is 3.91. The summed E-state index contributed by atoms with van der Waals surface area (Å²) in [5, 5.41) is 9.50. The molecular weight excluding hydrogens is 406 g/mol. The number of nitrogens with zero attached hydrogens (tertiary/aromatic N) is 4. The van der Waals surface area contributed by atoms with E-state index < -0.39 is 5.97 Å². The summed E-state index contributed by atoms with van der Waals surface area (Å²) in [5.41, 5.74) is 5.62. The van der Waals surface area contributed by atoms with Gasteiger partial charge in [-0.1, -0.05) is 29.8 Å². The van der Waals surface area contributed by atoms with Crippen LogP contribution in [0.4, 0.5) is 0 Å². The van der Waals surface area contributed by atoms with Crippen LogP contribution in [0.5, 0.6) is 0 Å². The second-order valence-electron chi connectivity index (χ2n) is 7.58. The number of imidazole rings is 2. The molecule has 2 aromatic carbocycles. The van der Waals surface area contributed by atoms with Crippen LogP contribution < -0.4 is 5.69 Å². The van der Waals surface area contributed by atoms with Crippen molar-refractivity contribution in [3.63, 3.8) is 0 Å². The summed E-state index contributed by atoms with van der Waals surface area (Å²) in [4.78, 5) is 36.0. The molecule has 0 aliphatic heterocycles. The lowest BCUT2D eigenvalue weighted by atomic mass is 10.0. The highest BCUT2D eigenvalue weighted by molar-refractivity contribution is 5.91. The number of pyridine rings is 1. The summed E-state index contributed by atoms with van der Waals surface area (Å²) < 4.78 is 3.16. The number of aromatic amines is 1. The van der Waals surface area contributed by atoms with Gasteiger partial charge in [-0.2, -0.15) is 0 Å². The van der Waals surface area contributed by atoms with Crippen molar-refractivity contribution in [1.29, 1.82) is 0 Å². The van der Waals surface area contributed by atoms with E-state index in [9.17, 15) is 14.7 Å². The van der Waals surface area contributed by atoms with Crippen LogP contribution in [0.25, 0.3) is 39.2 Å². The van der Waals surface area contributed by atoms with Crippen LogP contribution in [0.15, 0.2) is 71.8 Å². The zero-order valence-corrected chi connectivity index (χ0v) is 17.4. The van der Waals surface area contributed by atoms with Crippen LogP contribution in [0.3, 0.4) is 0 Å². The minimum atomic E-state index is -1.14. The molecule has 0 fully saturated rings. The third-order valence-corrected chi connectivity index (χ3v) is 5.45. The fraction of sp³-hybridized carbons (Fsp3) is 0.0833. The third kappa shape index (κ3) is 3.09. The Morgan fingerprint density at radius 1 is 1.03 bits per heavy atom. The van der Waals surface area contributed by atoms with Gasteiger partial charge in [0.1, 0.15) is 0 Å². The third-order valence-electron chi connectivity index (χ3n) is 5.45. The van der Waals surface area contributed by atoms with E-state index in [0.29, 0.717) is 22.6 Å². The minimum absolute atomic E-state index is 0.140. The van der Waals surface area contributed by atoms with Crippen molar-refractivity contribution < 1.29 is 9.90 Å². The van der Waals surface area contributed by atoms with Gasteiger partial charge in [0.25, 0.3) is 0 Å². The second kappa shape index (κ2) is 7.35. The molecule has 2 N–H and O–H groups in total. The van der Waals surface area contributed by atoms with E-state index in [1.165, 1.54) is 0 Å². The summed E-state index contributed by atoms with van der Waals surface area (Å²) in [7, 11) is 1.71. The molecule has 8 nitrogen and oxygen atoms in total. The van der Waals surface area contributed by atoms with Gasteiger partial charge >= 0.3 is 11.7 Å². The van der Waals surface area contributed by atoms with Crippen LogP contribution in [-0.4, -0.2) is 35.2 Å². The first-order valence-corrected chi connectivity index (χ1v) is 9.96. The average molecular weight is 425 g/mol. The Kier molecular flexibility index (Phi) is 4.48. The number of rotatable bonds is 4. The molecule has 32 heavy (non-hydrogen) atoms. The van der Waals surface area contributed by atoms with E-state index >= 15 is 0 Å². The average Bonchev–Trinajstić information content (AvgIpc) is 3.35. The topological polar surface area (TPSA) is 106 Å². The van der Waals surface area contributed by atoms with Crippen molar-refractivity contribution in [2.45, 2.75) is 6.92 Å². The Bertz CT molecular complexity index is 1540. The van der Waals surface area contributed by atoms with E-state index in [1.807, 2.05) is 55.5 Å². The van der Waals surface area contributed by atoms with Gasteiger partial charge in [-0.25, -0.2) is 14.6 Å². The van der Waals surface area contributed by atoms with Crippen LogP contribution >= 0.6 is 0 Å². The lowest BCUT2D eigenvalue weighted by Gasteiger charge is -2.06. The quantitative estimate of drug-likeness (QED) is 0.456. The lowest BCUT2D eigenvalue weighted by molar-refractivity contribution is 0.0685. The zero-order valence-electron chi connectivity index (χ0n) is 17.4. The zero-order chi connectivity index (χ0) is 22.4. The first-order valence-electron chi connectivity index (χ1n) is 9.96. The molecule has 0 unspecified atom stereocenters. The maximum absolute atomic E-state index is 13.0. The minimum Gasteiger partial charge on any atom is -0.475 e. The Labute approximate surface area is 182 Å². The summed E-state index contributed by atoms with van der Waals surface area (Å²) in [6.07, 6.45) is 3.29. The van der Waals surface area contributed by atoms with E-state index in [0.717, 1.165) is 22.2 Å². The molecule has 0 radical (unpaired) electrons. The van der Waals surface area contributed by atoms with Gasteiger partial charge in [0.2, 0.25) is 5.82 Å². The number of hydrogen-bond acceptors (Lipinski definition) is 4. The Morgan fingerprint density at radius 2 is 1.88 bits per heavy atom. The summed E-state index contributed by atoms with van der Waals surface area (Å²) >= 11 is 0. The predicted octanol–water partition coefficient (Wildman–Crippen LogP) is 3.79. The Balaban J connectivity index is 1.74. The number of hydrogen-bond donors (Lipinski definition) is 2. The number of nitrogens with one attached hydrogen (secondary N) is 1. The number of aryl methyl sites for hydroxylation is 2. The smallest absolute Gasteiger partial charge is 0.371 e. The Hall–Kier alpha value is -4.46. The fourth-order valence-corrected chi connectivity index (χ4v) is 3.91. The lowest BCUT2D eigenvalue weighted by Crippen LogP contribution is -2.20. The summed E-state index contributed by atoms with van der Waals surface area (Å²) in [6, 6.07) is 16.9. The Morgan fingerprint density at radius 3 is 2.59 bits per heavy atom. The highest BCUT2D eigenvalue weighted by Gasteiger charge is 2.20. The van der Waals surface area contributed by atoms with Crippen LogP contribution in [0, 0.1) is 6.92 Å². The van der Waals surface area contributed by atoms with E-state index in [-0.39, 0.29) is 11.5 Å². The van der Waals surface area contributed by atoms with Crippen molar-refractivity contribution in [1.82, 2.24) is 24.1 Å². The maximum atomic E-state index is 13.0. The number of benzene rings is 2. The van der Waals surface area contributed by atoms with E-state index in [4.69, 9.17) is 0 Å². The molecule has 3 aromatic heterocycles. The molecule has 158 valence electrons. The molecule has 0 saturated heterocycles. The van der Waals surface area contributed by atoms with Gasteiger partial charge in [0.15, 0.2) is 0 Å². The highest BCUT2D eigenvalue weighted by atomic mass is 16.4. The molecule has 0 aliphatic carbocycles. The van der Waals surface area contributed by atoms with Crippen molar-refractivity contribution in [2.24, 2.45) is 7.05 Å². The molecule has 0 atom stereocenters. The number of aromatic carboxylic acids is 1. The van der Waals surface area contributed by atoms with Gasteiger partial charge < -0.3 is 10.1 Å². The summed E-state index contributed by atoms with van der Waals surface area (Å²) in [6.45, 7) is 1.97. The largest absolute Gasteiger partial charge is 0.475 e. The van der Waals surface area contributed by atoms with Gasteiger partial charge in [0.05, 0.1) is 34.3 Å². The number of H-pyrrole nitrogens is 1. The van der Waals surface area contributed by atoms with Crippen LogP contribution in [0.1, 0.15) is 16.2 Å². The van der Waals surface area contributed by atoms with Gasteiger partial charge in [-0.3, -0.25) is 14.1 Å². The molecular formula is C24H19N5O3. The second-order valence-corrected chi connectivity index (χ2v) is 7.58. The van der Waals surface area contributed by atoms with E-state index in [1.54, 1.807) is 34.6 Å². The van der Waals surface area contributed by atoms with Crippen LogP contribution in [-0.2, 0) is 7.05 Å². The number of carbonyl (C=O) groups is 1. The molecule has 5 aromatic rings. The first-order chi connectivity index (χ1) is 15.4. The molecule has 0 amide bonds. The molecule has 5 rings (SSSR count). The normalized spacial score (nSPS) is 11.2. The molecule has 0 aliphatic rings. The van der Waals surface area contributed by atoms with Crippen molar-refractivity contribution >= 4 is 17.0 Å². The highest BCUT2D eigenvalue weighted by Crippen LogP contribution is 2.32. The molecule has 8 heteroatoms. The van der Waals surface area contributed by atoms with E-state index in [2.05, 4.69) is 15.0 Å². The number of carboxylic acid groups (broad SMARTS) is 1. The SMILES string of the molecule is Cc1cccc(-c2nc(C(=O)O)[nH]c2-c2ccc3c(c2)n(C)c(=O)n3-c2cccnc2)c1. The summed E-state index contributed by atoms with van der Waals surface area (Å²) in [5.74, 6) is -1.28. The van der Waals surface area contributed by atoms with Crippen molar-refractivity contribution in [2.75, 3.05) is 0 Å². The van der Waals surface area contributed by atoms with Crippen molar-refractivity contribution in [3.8, 4) is 28.2 Å². The van der Waals surface area contributed by atoms with Crippen molar-refractivity contribution in [3.05, 3.63) is 88.9 Å². The standard InChI is InChI=1S/C24H19N5O3/c1-14-5-3-6-15(11-14)20-21(27-22(26-20)23(30)31)16-8-9-18-19(12-16)28(2)24(32)29(18)17-7-4-10-25-13-17/h3-13H,1-2H3,(H,26,27)(H,30,31). The molecule has 0 saturated carbocycles. The molecule has 3 heterocycles. The maximum Gasteiger partial charge on any atom is 0.371 e. The number of aromatic nitrogens is 5. The number of carboxylic acids is 1. The van der Waals surface area contributed by atoms with Crippen LogP contribution in [0.2, 0.25) is 0 Å². The number of fused-ring (bicyclic) bond motifs is 1. The van der Waals surface area contributed by atoms with Gasteiger partial charge in [0, 0.05) is 24.4 Å². The predicted molar refractivity (Wildman–Crippen MR) is 121 cm³/mol. The first kappa shape index (κ1) is 19.5. The molecule has 0 bridgehead atoms. The monoisotopic (exact) mass is 425 g/mol. The molecule has 0 spiro atoms. The van der Waals surface area contributed by atoms with Gasteiger partial charge in [-0.05, 0) is 37.3 Å². The van der Waals surface area contributed by atoms with Gasteiger partial charge in [-0.15, -0.1) is 0 Å².